The highest BCUT2D eigenvalue weighted by atomic mass is 32.2. The second kappa shape index (κ2) is 9.15. The van der Waals surface area contributed by atoms with Crippen molar-refractivity contribution in [3.8, 4) is 11.5 Å². The molecule has 28 heavy (non-hydrogen) atoms. The summed E-state index contributed by atoms with van der Waals surface area (Å²) in [4.78, 5) is 24.6. The first-order valence-electron chi connectivity index (χ1n) is 7.86. The molecule has 9 nitrogen and oxygen atoms in total. The summed E-state index contributed by atoms with van der Waals surface area (Å²) in [5.74, 6) is -1.86. The predicted octanol–water partition coefficient (Wildman–Crippen LogP) is 1.18. The number of benzene rings is 2. The Morgan fingerprint density at radius 1 is 1.11 bits per heavy atom. The van der Waals surface area contributed by atoms with Crippen molar-refractivity contribution in [3.63, 3.8) is 0 Å². The molecule has 0 aliphatic rings. The van der Waals surface area contributed by atoms with E-state index in [1.54, 1.807) is 0 Å². The van der Waals surface area contributed by atoms with E-state index in [2.05, 4.69) is 5.32 Å². The number of hydrogen-bond acceptors (Lipinski definition) is 6. The van der Waals surface area contributed by atoms with Crippen LogP contribution < -0.4 is 25.0 Å². The Kier molecular flexibility index (Phi) is 6.90. The first-order valence-corrected chi connectivity index (χ1v) is 9.35. The lowest BCUT2D eigenvalue weighted by Gasteiger charge is -2.13. The van der Waals surface area contributed by atoms with Gasteiger partial charge in [0.2, 0.25) is 5.91 Å². The number of hydrogen-bond donors (Lipinski definition) is 3. The van der Waals surface area contributed by atoms with Crippen molar-refractivity contribution in [1.29, 1.82) is 0 Å². The number of hydrazine groups is 1. The number of rotatable bonds is 8. The number of nitrogens with one attached hydrogen (secondary N) is 3. The van der Waals surface area contributed by atoms with E-state index in [4.69, 9.17) is 9.47 Å². The standard InChI is InChI=1S/C17H18FN3O6S/c1-11(22)19-14-8-7-12(9-16(14)26-2)28(24,25)21-20-17(23)10-27-15-6-4-3-5-13(15)18/h3-9,21H,10H2,1-2H3,(H,19,22)(H,20,23). The molecule has 2 aromatic rings. The summed E-state index contributed by atoms with van der Waals surface area (Å²) in [6.45, 7) is 0.693. The van der Waals surface area contributed by atoms with E-state index < -0.39 is 28.4 Å². The molecule has 2 aromatic carbocycles. The van der Waals surface area contributed by atoms with Gasteiger partial charge in [0, 0.05) is 13.0 Å². The van der Waals surface area contributed by atoms with Crippen LogP contribution in [0.4, 0.5) is 10.1 Å². The fourth-order valence-corrected chi connectivity index (χ4v) is 2.93. The zero-order chi connectivity index (χ0) is 20.7. The molecule has 0 aromatic heterocycles. The number of anilines is 1. The average Bonchev–Trinajstić information content (AvgIpc) is 2.65. The van der Waals surface area contributed by atoms with E-state index >= 15 is 0 Å². The Morgan fingerprint density at radius 3 is 2.46 bits per heavy atom. The van der Waals surface area contributed by atoms with Gasteiger partial charge in [0.1, 0.15) is 5.75 Å². The molecule has 0 saturated carbocycles. The number of carbonyl (C=O) groups is 2. The molecule has 2 rings (SSSR count). The van der Waals surface area contributed by atoms with E-state index in [1.807, 2.05) is 10.3 Å². The van der Waals surface area contributed by atoms with Gasteiger partial charge in [-0.15, -0.1) is 4.83 Å². The zero-order valence-electron chi connectivity index (χ0n) is 15.0. The van der Waals surface area contributed by atoms with Crippen LogP contribution in [0.25, 0.3) is 0 Å². The summed E-state index contributed by atoms with van der Waals surface area (Å²) < 4.78 is 48.0. The van der Waals surface area contributed by atoms with Crippen LogP contribution in [-0.2, 0) is 19.6 Å². The van der Waals surface area contributed by atoms with Gasteiger partial charge in [-0.3, -0.25) is 15.0 Å². The molecule has 0 aliphatic carbocycles. The first kappa shape index (κ1) is 21.1. The molecule has 0 heterocycles. The SMILES string of the molecule is COc1cc(S(=O)(=O)NNC(=O)COc2ccccc2F)ccc1NC(C)=O. The highest BCUT2D eigenvalue weighted by Crippen LogP contribution is 2.27. The van der Waals surface area contributed by atoms with Crippen molar-refractivity contribution in [1.82, 2.24) is 10.3 Å². The molecule has 150 valence electrons. The zero-order valence-corrected chi connectivity index (χ0v) is 15.8. The molecular weight excluding hydrogens is 393 g/mol. The average molecular weight is 411 g/mol. The maximum absolute atomic E-state index is 13.4. The fourth-order valence-electron chi connectivity index (χ4n) is 2.06. The third-order valence-electron chi connectivity index (χ3n) is 3.31. The van der Waals surface area contributed by atoms with Crippen LogP contribution in [0, 0.1) is 5.82 Å². The van der Waals surface area contributed by atoms with Crippen molar-refractivity contribution < 1.29 is 31.9 Å². The summed E-state index contributed by atoms with van der Waals surface area (Å²) in [6.07, 6.45) is 0. The predicted molar refractivity (Wildman–Crippen MR) is 97.7 cm³/mol. The summed E-state index contributed by atoms with van der Waals surface area (Å²) in [5, 5.41) is 2.49. The van der Waals surface area contributed by atoms with Gasteiger partial charge in [0.05, 0.1) is 17.7 Å². The minimum atomic E-state index is -4.13. The Hall–Kier alpha value is -3.18. The number of amides is 2. The number of methoxy groups -OCH3 is 1. The van der Waals surface area contributed by atoms with Gasteiger partial charge in [0.15, 0.2) is 18.2 Å². The number of ether oxygens (including phenoxy) is 2. The highest BCUT2D eigenvalue weighted by Gasteiger charge is 2.18. The van der Waals surface area contributed by atoms with E-state index in [0.717, 1.165) is 6.07 Å². The molecule has 0 saturated heterocycles. The van der Waals surface area contributed by atoms with Crippen molar-refractivity contribution >= 4 is 27.5 Å². The van der Waals surface area contributed by atoms with Crippen molar-refractivity contribution in [2.75, 3.05) is 19.0 Å². The quantitative estimate of drug-likeness (QED) is 0.561. The number of sulfonamides is 1. The van der Waals surface area contributed by atoms with E-state index in [0.29, 0.717) is 0 Å². The third kappa shape index (κ3) is 5.66. The van der Waals surface area contributed by atoms with Crippen LogP contribution >= 0.6 is 0 Å². The summed E-state index contributed by atoms with van der Waals surface area (Å²) in [5.41, 5.74) is 2.25. The van der Waals surface area contributed by atoms with Gasteiger partial charge < -0.3 is 14.8 Å². The van der Waals surface area contributed by atoms with Gasteiger partial charge in [-0.2, -0.15) is 0 Å². The largest absolute Gasteiger partial charge is 0.495 e. The fraction of sp³-hybridized carbons (Fsp3) is 0.176. The first-order chi connectivity index (χ1) is 13.2. The third-order valence-corrected chi connectivity index (χ3v) is 4.56. The molecule has 0 fully saturated rings. The highest BCUT2D eigenvalue weighted by molar-refractivity contribution is 7.89. The smallest absolute Gasteiger partial charge is 0.272 e. The molecule has 0 aliphatic heterocycles. The van der Waals surface area contributed by atoms with Gasteiger partial charge >= 0.3 is 0 Å². The van der Waals surface area contributed by atoms with Gasteiger partial charge in [0.25, 0.3) is 15.9 Å². The summed E-state index contributed by atoms with van der Waals surface area (Å²) in [7, 11) is -2.82. The van der Waals surface area contributed by atoms with E-state index in [1.165, 1.54) is 50.4 Å². The van der Waals surface area contributed by atoms with Gasteiger partial charge in [-0.1, -0.05) is 12.1 Å². The monoisotopic (exact) mass is 411 g/mol. The van der Waals surface area contributed by atoms with Crippen molar-refractivity contribution in [2.24, 2.45) is 0 Å². The summed E-state index contributed by atoms with van der Waals surface area (Å²) >= 11 is 0. The number of carbonyl (C=O) groups excluding carboxylic acids is 2. The Morgan fingerprint density at radius 2 is 1.82 bits per heavy atom. The van der Waals surface area contributed by atoms with Crippen LogP contribution in [-0.4, -0.2) is 33.9 Å². The Balaban J connectivity index is 2.00. The molecule has 2 amide bonds. The number of halogens is 1. The van der Waals surface area contributed by atoms with Crippen LogP contribution in [0.3, 0.4) is 0 Å². The molecule has 0 radical (unpaired) electrons. The van der Waals surface area contributed by atoms with E-state index in [9.17, 15) is 22.4 Å². The molecular formula is C17H18FN3O6S. The molecule has 0 spiro atoms. The minimum Gasteiger partial charge on any atom is -0.495 e. The lowest BCUT2D eigenvalue weighted by Crippen LogP contribution is -2.43. The molecule has 11 heteroatoms. The van der Waals surface area contributed by atoms with Gasteiger partial charge in [-0.25, -0.2) is 12.8 Å². The maximum atomic E-state index is 13.4. The lowest BCUT2D eigenvalue weighted by molar-refractivity contribution is -0.123. The van der Waals surface area contributed by atoms with Crippen molar-refractivity contribution in [3.05, 3.63) is 48.3 Å². The second-order valence-electron chi connectivity index (χ2n) is 5.42. The molecule has 0 unspecified atom stereocenters. The van der Waals surface area contributed by atoms with Crippen LogP contribution in [0.15, 0.2) is 47.4 Å². The van der Waals surface area contributed by atoms with Gasteiger partial charge in [-0.05, 0) is 24.3 Å². The topological polar surface area (TPSA) is 123 Å². The molecule has 0 atom stereocenters. The maximum Gasteiger partial charge on any atom is 0.272 e. The number of para-hydroxylation sites is 1. The van der Waals surface area contributed by atoms with Crippen LogP contribution in [0.5, 0.6) is 11.5 Å². The van der Waals surface area contributed by atoms with Crippen LogP contribution in [0.1, 0.15) is 6.92 Å². The minimum absolute atomic E-state index is 0.118. The molecule has 0 bridgehead atoms. The Labute approximate surface area is 160 Å². The lowest BCUT2D eigenvalue weighted by atomic mass is 10.3. The van der Waals surface area contributed by atoms with Crippen LogP contribution in [0.2, 0.25) is 0 Å². The molecule has 3 N–H and O–H groups in total. The summed E-state index contributed by atoms with van der Waals surface area (Å²) in [6, 6.07) is 9.22. The van der Waals surface area contributed by atoms with E-state index in [-0.39, 0.29) is 28.0 Å². The second-order valence-corrected chi connectivity index (χ2v) is 7.10. The normalized spacial score (nSPS) is 10.8. The van der Waals surface area contributed by atoms with Crippen molar-refractivity contribution in [2.45, 2.75) is 11.8 Å². The Bertz CT molecular complexity index is 981.